The van der Waals surface area contributed by atoms with Crippen LogP contribution in [0.2, 0.25) is 0 Å². The van der Waals surface area contributed by atoms with Crippen LogP contribution in [0.15, 0.2) is 0 Å². The maximum Gasteiger partial charge on any atom is 0.401 e. The number of hydrogen-bond acceptors (Lipinski definition) is 3. The fourth-order valence-electron chi connectivity index (χ4n) is 2.10. The quantitative estimate of drug-likeness (QED) is 0.751. The summed E-state index contributed by atoms with van der Waals surface area (Å²) in [4.78, 5) is 1.89. The fourth-order valence-corrected chi connectivity index (χ4v) is 2.10. The number of hydrogen-bond donors (Lipinski definition) is 1. The van der Waals surface area contributed by atoms with Crippen molar-refractivity contribution in [2.75, 3.05) is 26.2 Å². The van der Waals surface area contributed by atoms with Crippen molar-refractivity contribution in [3.63, 3.8) is 0 Å². The predicted octanol–water partition coefficient (Wildman–Crippen LogP) is 1.37. The van der Waals surface area contributed by atoms with Gasteiger partial charge in [0.1, 0.15) is 0 Å². The molecule has 0 aromatic rings. The van der Waals surface area contributed by atoms with E-state index in [4.69, 9.17) is 5.26 Å². The Labute approximate surface area is 93.2 Å². The Morgan fingerprint density at radius 2 is 2.12 bits per heavy atom. The molecule has 0 amide bonds. The largest absolute Gasteiger partial charge is 0.401 e. The molecule has 0 radical (unpaired) electrons. The van der Waals surface area contributed by atoms with E-state index in [1.807, 2.05) is 17.9 Å². The zero-order valence-electron chi connectivity index (χ0n) is 9.22. The zero-order chi connectivity index (χ0) is 12.2. The summed E-state index contributed by atoms with van der Waals surface area (Å²) in [6, 6.07) is 1.86. The first-order chi connectivity index (χ1) is 7.40. The molecular weight excluding hydrogens is 219 g/mol. The standard InChI is InChI=1S/C10H16F3N3/c1-8-4-9(15-7-10(11,12)13)6-16(5-8)3-2-14/h8-9,15H,3-7H2,1H3. The van der Waals surface area contributed by atoms with Crippen LogP contribution < -0.4 is 5.32 Å². The van der Waals surface area contributed by atoms with Gasteiger partial charge in [0.15, 0.2) is 0 Å². The molecule has 1 fully saturated rings. The first kappa shape index (κ1) is 13.3. The normalized spacial score (nSPS) is 27.7. The van der Waals surface area contributed by atoms with Crippen molar-refractivity contribution in [3.05, 3.63) is 0 Å². The van der Waals surface area contributed by atoms with Gasteiger partial charge in [-0.15, -0.1) is 0 Å². The zero-order valence-corrected chi connectivity index (χ0v) is 9.22. The lowest BCUT2D eigenvalue weighted by Gasteiger charge is -2.35. The number of nitriles is 1. The molecule has 2 atom stereocenters. The number of alkyl halides is 3. The molecule has 1 aliphatic rings. The lowest BCUT2D eigenvalue weighted by atomic mass is 9.96. The monoisotopic (exact) mass is 235 g/mol. The van der Waals surface area contributed by atoms with Crippen molar-refractivity contribution in [3.8, 4) is 6.07 Å². The van der Waals surface area contributed by atoms with E-state index in [2.05, 4.69) is 5.32 Å². The van der Waals surface area contributed by atoms with Crippen LogP contribution in [-0.2, 0) is 0 Å². The van der Waals surface area contributed by atoms with Gasteiger partial charge in [0.2, 0.25) is 0 Å². The van der Waals surface area contributed by atoms with Gasteiger partial charge in [0.25, 0.3) is 0 Å². The lowest BCUT2D eigenvalue weighted by Crippen LogP contribution is -2.50. The first-order valence-corrected chi connectivity index (χ1v) is 5.30. The summed E-state index contributed by atoms with van der Waals surface area (Å²) >= 11 is 0. The van der Waals surface area contributed by atoms with E-state index in [0.717, 1.165) is 13.0 Å². The maximum absolute atomic E-state index is 12.0. The molecule has 0 spiro atoms. The van der Waals surface area contributed by atoms with Gasteiger partial charge in [-0.05, 0) is 12.3 Å². The third kappa shape index (κ3) is 4.81. The highest BCUT2D eigenvalue weighted by molar-refractivity contribution is 4.86. The maximum atomic E-state index is 12.0. The molecule has 1 heterocycles. The van der Waals surface area contributed by atoms with Gasteiger partial charge >= 0.3 is 6.18 Å². The molecule has 3 nitrogen and oxygen atoms in total. The second-order valence-corrected chi connectivity index (χ2v) is 4.39. The molecule has 0 saturated carbocycles. The van der Waals surface area contributed by atoms with Crippen LogP contribution in [0.25, 0.3) is 0 Å². The van der Waals surface area contributed by atoms with Crippen molar-refractivity contribution >= 4 is 0 Å². The highest BCUT2D eigenvalue weighted by Crippen LogP contribution is 2.18. The summed E-state index contributed by atoms with van der Waals surface area (Å²) < 4.78 is 36.1. The Morgan fingerprint density at radius 3 is 2.69 bits per heavy atom. The molecule has 0 aromatic carbocycles. The van der Waals surface area contributed by atoms with Crippen LogP contribution in [-0.4, -0.2) is 43.3 Å². The molecular formula is C10H16F3N3. The molecule has 1 saturated heterocycles. The predicted molar refractivity (Wildman–Crippen MR) is 53.7 cm³/mol. The topological polar surface area (TPSA) is 39.1 Å². The van der Waals surface area contributed by atoms with E-state index >= 15 is 0 Å². The molecule has 16 heavy (non-hydrogen) atoms. The SMILES string of the molecule is CC1CC(NCC(F)(F)F)CN(CC#N)C1. The molecule has 6 heteroatoms. The Morgan fingerprint density at radius 1 is 1.44 bits per heavy atom. The summed E-state index contributed by atoms with van der Waals surface area (Å²) in [7, 11) is 0. The van der Waals surface area contributed by atoms with Crippen LogP contribution in [0.1, 0.15) is 13.3 Å². The van der Waals surface area contributed by atoms with E-state index in [0.29, 0.717) is 12.5 Å². The summed E-state index contributed by atoms with van der Waals surface area (Å²) in [6.07, 6.45) is -3.43. The Bertz CT molecular complexity index is 259. The molecule has 2 unspecified atom stereocenters. The second kappa shape index (κ2) is 5.51. The van der Waals surface area contributed by atoms with Crippen LogP contribution in [0, 0.1) is 17.2 Å². The average Bonchev–Trinajstić information content (AvgIpc) is 2.13. The average molecular weight is 235 g/mol. The molecule has 1 rings (SSSR count). The molecule has 92 valence electrons. The lowest BCUT2D eigenvalue weighted by molar-refractivity contribution is -0.127. The summed E-state index contributed by atoms with van der Waals surface area (Å²) in [5.41, 5.74) is 0. The van der Waals surface area contributed by atoms with Crippen molar-refractivity contribution in [2.24, 2.45) is 5.92 Å². The number of nitrogens with zero attached hydrogens (tertiary/aromatic N) is 2. The summed E-state index contributed by atoms with van der Waals surface area (Å²) in [5.74, 6) is 0.327. The summed E-state index contributed by atoms with van der Waals surface area (Å²) in [5, 5.41) is 11.1. The first-order valence-electron chi connectivity index (χ1n) is 5.30. The molecule has 0 aromatic heterocycles. The number of piperidine rings is 1. The van der Waals surface area contributed by atoms with Gasteiger partial charge in [-0.3, -0.25) is 4.90 Å². The van der Waals surface area contributed by atoms with E-state index in [-0.39, 0.29) is 12.6 Å². The highest BCUT2D eigenvalue weighted by Gasteiger charge is 2.30. The molecule has 0 aliphatic carbocycles. The van der Waals surface area contributed by atoms with Crippen molar-refractivity contribution in [1.82, 2.24) is 10.2 Å². The molecule has 1 N–H and O–H groups in total. The molecule has 1 aliphatic heterocycles. The van der Waals surface area contributed by atoms with Gasteiger partial charge < -0.3 is 5.32 Å². The Hall–Kier alpha value is -0.800. The van der Waals surface area contributed by atoms with Gasteiger partial charge in [-0.25, -0.2) is 0 Å². The van der Waals surface area contributed by atoms with Crippen LogP contribution in [0.3, 0.4) is 0 Å². The van der Waals surface area contributed by atoms with E-state index in [9.17, 15) is 13.2 Å². The van der Waals surface area contributed by atoms with Gasteiger partial charge in [0, 0.05) is 19.1 Å². The summed E-state index contributed by atoms with van der Waals surface area (Å²) in [6.45, 7) is 2.64. The van der Waals surface area contributed by atoms with Crippen molar-refractivity contribution in [1.29, 1.82) is 5.26 Å². The van der Waals surface area contributed by atoms with E-state index < -0.39 is 12.7 Å². The Balaban J connectivity index is 2.39. The van der Waals surface area contributed by atoms with Crippen LogP contribution in [0.4, 0.5) is 13.2 Å². The fraction of sp³-hybridized carbons (Fsp3) is 0.900. The third-order valence-electron chi connectivity index (χ3n) is 2.62. The smallest absolute Gasteiger partial charge is 0.305 e. The number of nitrogens with one attached hydrogen (secondary N) is 1. The molecule has 0 bridgehead atoms. The number of likely N-dealkylation sites (tertiary alicyclic amines) is 1. The number of rotatable bonds is 3. The van der Waals surface area contributed by atoms with Gasteiger partial charge in [-0.1, -0.05) is 6.92 Å². The van der Waals surface area contributed by atoms with Crippen LogP contribution in [0.5, 0.6) is 0 Å². The van der Waals surface area contributed by atoms with Crippen molar-refractivity contribution in [2.45, 2.75) is 25.6 Å². The minimum Gasteiger partial charge on any atom is -0.305 e. The second-order valence-electron chi connectivity index (χ2n) is 4.39. The van der Waals surface area contributed by atoms with Crippen molar-refractivity contribution < 1.29 is 13.2 Å². The Kier molecular flexibility index (Phi) is 4.56. The van der Waals surface area contributed by atoms with E-state index in [1.165, 1.54) is 0 Å². The minimum atomic E-state index is -4.17. The van der Waals surface area contributed by atoms with E-state index in [1.54, 1.807) is 0 Å². The van der Waals surface area contributed by atoms with Gasteiger partial charge in [0.05, 0.1) is 19.2 Å². The highest BCUT2D eigenvalue weighted by atomic mass is 19.4. The minimum absolute atomic E-state index is 0.168. The van der Waals surface area contributed by atoms with Crippen LogP contribution >= 0.6 is 0 Å². The van der Waals surface area contributed by atoms with Gasteiger partial charge in [-0.2, -0.15) is 18.4 Å². The number of halogens is 3. The third-order valence-corrected chi connectivity index (χ3v) is 2.62.